The van der Waals surface area contributed by atoms with Crippen LogP contribution in [0.15, 0.2) is 66.7 Å². The normalized spacial score (nSPS) is 17.9. The molecule has 2 aliphatic heterocycles. The fourth-order valence-electron chi connectivity index (χ4n) is 6.13. The van der Waals surface area contributed by atoms with Gasteiger partial charge in [0.25, 0.3) is 0 Å². The van der Waals surface area contributed by atoms with Gasteiger partial charge >= 0.3 is 0 Å². The molecule has 3 aromatic rings. The molecule has 0 amide bonds. The van der Waals surface area contributed by atoms with Crippen molar-refractivity contribution in [3.05, 3.63) is 89.0 Å². The van der Waals surface area contributed by atoms with Crippen LogP contribution in [-0.2, 0) is 0 Å². The summed E-state index contributed by atoms with van der Waals surface area (Å²) >= 11 is 0. The predicted molar refractivity (Wildman–Crippen MR) is 140 cm³/mol. The van der Waals surface area contributed by atoms with E-state index in [-0.39, 0.29) is 0 Å². The second kappa shape index (κ2) is 8.09. The predicted octanol–water partition coefficient (Wildman–Crippen LogP) is 8.04. The Labute approximate surface area is 198 Å². The zero-order valence-electron chi connectivity index (χ0n) is 20.1. The van der Waals surface area contributed by atoms with Gasteiger partial charge in [0, 0.05) is 22.7 Å². The van der Waals surface area contributed by atoms with Gasteiger partial charge in [-0.25, -0.2) is 0 Å². The molecule has 0 spiro atoms. The van der Waals surface area contributed by atoms with E-state index < -0.39 is 0 Å². The van der Waals surface area contributed by atoms with Crippen molar-refractivity contribution in [2.45, 2.75) is 64.8 Å². The van der Waals surface area contributed by atoms with Crippen molar-refractivity contribution in [1.29, 1.82) is 0 Å². The highest BCUT2D eigenvalue weighted by atomic mass is 15.4. The molecule has 0 bridgehead atoms. The van der Waals surface area contributed by atoms with Crippen LogP contribution in [0.1, 0.15) is 74.1 Å². The molecule has 1 saturated carbocycles. The molecular formula is C31H34N2. The minimum atomic E-state index is 0.428. The Morgan fingerprint density at radius 1 is 0.758 bits per heavy atom. The molecule has 0 radical (unpaired) electrons. The summed E-state index contributed by atoms with van der Waals surface area (Å²) in [5.41, 5.74) is 12.5. The molecule has 6 rings (SSSR count). The molecule has 1 aliphatic carbocycles. The summed E-state index contributed by atoms with van der Waals surface area (Å²) in [6.45, 7) is 7.75. The monoisotopic (exact) mass is 434 g/mol. The van der Waals surface area contributed by atoms with E-state index in [4.69, 9.17) is 0 Å². The molecule has 2 heteroatoms. The quantitative estimate of drug-likeness (QED) is 0.411. The molecule has 3 aromatic carbocycles. The van der Waals surface area contributed by atoms with Crippen LogP contribution in [0.4, 0.5) is 5.69 Å². The fraction of sp³-hybridized carbons (Fsp3) is 0.355. The van der Waals surface area contributed by atoms with Gasteiger partial charge in [0.15, 0.2) is 0 Å². The first-order valence-electron chi connectivity index (χ1n) is 12.7. The first kappa shape index (κ1) is 20.6. The van der Waals surface area contributed by atoms with Crippen molar-refractivity contribution in [3.63, 3.8) is 0 Å². The van der Waals surface area contributed by atoms with Crippen LogP contribution in [0, 0.1) is 6.92 Å². The van der Waals surface area contributed by atoms with Gasteiger partial charge in [-0.15, -0.1) is 0 Å². The third-order valence-corrected chi connectivity index (χ3v) is 7.85. The molecule has 3 aliphatic rings. The Hall–Kier alpha value is -3.00. The average Bonchev–Trinajstić information content (AvgIpc) is 3.26. The van der Waals surface area contributed by atoms with E-state index >= 15 is 0 Å². The van der Waals surface area contributed by atoms with E-state index in [2.05, 4.69) is 97.3 Å². The number of rotatable bonds is 3. The number of nitrogens with zero attached hydrogens (tertiary/aromatic N) is 2. The summed E-state index contributed by atoms with van der Waals surface area (Å²) < 4.78 is 0. The van der Waals surface area contributed by atoms with Crippen molar-refractivity contribution in [2.75, 3.05) is 11.6 Å². The molecule has 0 saturated heterocycles. The van der Waals surface area contributed by atoms with Gasteiger partial charge in [0.1, 0.15) is 0 Å². The van der Waals surface area contributed by atoms with Crippen LogP contribution in [0.2, 0.25) is 0 Å². The highest BCUT2D eigenvalue weighted by Gasteiger charge is 2.38. The van der Waals surface area contributed by atoms with Crippen molar-refractivity contribution in [2.24, 2.45) is 0 Å². The number of aryl methyl sites for hydroxylation is 1. The van der Waals surface area contributed by atoms with E-state index in [1.54, 1.807) is 0 Å². The molecular weight excluding hydrogens is 400 g/mol. The largest absolute Gasteiger partial charge is 0.349 e. The lowest BCUT2D eigenvalue weighted by Gasteiger charge is -2.33. The van der Waals surface area contributed by atoms with Crippen LogP contribution in [0.25, 0.3) is 22.5 Å². The fourth-order valence-corrected chi connectivity index (χ4v) is 6.13. The topological polar surface area (TPSA) is 6.48 Å². The second-order valence-electron chi connectivity index (χ2n) is 10.4. The maximum atomic E-state index is 2.58. The number of hydrogen-bond acceptors (Lipinski definition) is 2. The first-order valence-corrected chi connectivity index (χ1v) is 12.7. The third-order valence-electron chi connectivity index (χ3n) is 7.85. The Morgan fingerprint density at radius 2 is 1.55 bits per heavy atom. The first-order chi connectivity index (χ1) is 16.1. The summed E-state index contributed by atoms with van der Waals surface area (Å²) in [7, 11) is 0. The maximum absolute atomic E-state index is 2.58. The Bertz CT molecular complexity index is 1210. The summed E-state index contributed by atoms with van der Waals surface area (Å²) in [4.78, 5) is 5.15. The third kappa shape index (κ3) is 3.39. The molecule has 0 N–H and O–H groups in total. The summed E-state index contributed by atoms with van der Waals surface area (Å²) in [5, 5.41) is 0. The van der Waals surface area contributed by atoms with Gasteiger partial charge in [-0.2, -0.15) is 0 Å². The van der Waals surface area contributed by atoms with E-state index in [1.807, 2.05) is 0 Å². The number of hydrogen-bond donors (Lipinski definition) is 0. The molecule has 168 valence electrons. The average molecular weight is 435 g/mol. The standard InChI is InChI=1S/C31H34N2/c1-21(2)32-20-33-29-17-14-22(3)18-27(29)26-16-15-25(23-10-6-4-7-11-23)19-28(26)31(33)30(32)24-12-8-5-9-13-24/h5,8-9,12-19,21,23H,4,6-7,10-11,20H2,1-3H3. The van der Waals surface area contributed by atoms with E-state index in [0.717, 1.165) is 6.67 Å². The van der Waals surface area contributed by atoms with E-state index in [1.165, 1.54) is 82.6 Å². The summed E-state index contributed by atoms with van der Waals surface area (Å²) in [6, 6.07) is 25.8. The molecule has 0 unspecified atom stereocenters. The number of fused-ring (bicyclic) bond motifs is 6. The Morgan fingerprint density at radius 3 is 2.30 bits per heavy atom. The zero-order valence-corrected chi connectivity index (χ0v) is 20.1. The van der Waals surface area contributed by atoms with Crippen LogP contribution in [-0.4, -0.2) is 17.6 Å². The minimum absolute atomic E-state index is 0.428. The zero-order chi connectivity index (χ0) is 22.5. The van der Waals surface area contributed by atoms with E-state index in [9.17, 15) is 0 Å². The van der Waals surface area contributed by atoms with Gasteiger partial charge in [-0.3, -0.25) is 0 Å². The maximum Gasteiger partial charge on any atom is 0.0956 e. The van der Waals surface area contributed by atoms with Gasteiger partial charge in [-0.05, 0) is 68.9 Å². The smallest absolute Gasteiger partial charge is 0.0956 e. The lowest BCUT2D eigenvalue weighted by molar-refractivity contribution is 0.353. The highest BCUT2D eigenvalue weighted by Crippen LogP contribution is 2.52. The van der Waals surface area contributed by atoms with Crippen LogP contribution < -0.4 is 4.90 Å². The van der Waals surface area contributed by atoms with Crippen molar-refractivity contribution in [3.8, 4) is 11.1 Å². The van der Waals surface area contributed by atoms with Gasteiger partial charge in [-0.1, -0.05) is 73.4 Å². The van der Waals surface area contributed by atoms with E-state index in [0.29, 0.717) is 12.0 Å². The Balaban J connectivity index is 1.62. The number of benzene rings is 3. The van der Waals surface area contributed by atoms with Crippen molar-refractivity contribution < 1.29 is 0 Å². The van der Waals surface area contributed by atoms with Crippen molar-refractivity contribution in [1.82, 2.24) is 4.90 Å². The van der Waals surface area contributed by atoms with Crippen LogP contribution in [0.3, 0.4) is 0 Å². The van der Waals surface area contributed by atoms with Crippen molar-refractivity contribution >= 4 is 17.1 Å². The molecule has 1 fully saturated rings. The second-order valence-corrected chi connectivity index (χ2v) is 10.4. The minimum Gasteiger partial charge on any atom is -0.349 e. The van der Waals surface area contributed by atoms with Crippen LogP contribution >= 0.6 is 0 Å². The molecule has 2 heterocycles. The summed E-state index contributed by atoms with van der Waals surface area (Å²) in [5.74, 6) is 0.708. The Kier molecular flexibility index (Phi) is 5.05. The lowest BCUT2D eigenvalue weighted by atomic mass is 9.81. The van der Waals surface area contributed by atoms with Gasteiger partial charge in [0.05, 0.1) is 23.8 Å². The summed E-state index contributed by atoms with van der Waals surface area (Å²) in [6.07, 6.45) is 6.81. The lowest BCUT2D eigenvalue weighted by Crippen LogP contribution is -2.33. The SMILES string of the molecule is Cc1ccc2c(c1)-c1ccc(C3CCCCC3)cc1C1=C(c3ccccc3)N(C(C)C)CN12. The number of anilines is 1. The van der Waals surface area contributed by atoms with Gasteiger partial charge < -0.3 is 9.80 Å². The molecule has 33 heavy (non-hydrogen) atoms. The van der Waals surface area contributed by atoms with Crippen LogP contribution in [0.5, 0.6) is 0 Å². The molecule has 0 atom stereocenters. The molecule has 2 nitrogen and oxygen atoms in total. The highest BCUT2D eigenvalue weighted by molar-refractivity contribution is 6.08. The molecule has 0 aromatic heterocycles. The van der Waals surface area contributed by atoms with Gasteiger partial charge in [0.2, 0.25) is 0 Å².